The Bertz CT molecular complexity index is 507. The van der Waals surface area contributed by atoms with Crippen molar-refractivity contribution in [2.75, 3.05) is 19.7 Å². The van der Waals surface area contributed by atoms with Gasteiger partial charge in [0, 0.05) is 25.3 Å². The topological polar surface area (TPSA) is 51.5 Å². The van der Waals surface area contributed by atoms with Gasteiger partial charge in [-0.1, -0.05) is 0 Å². The van der Waals surface area contributed by atoms with Gasteiger partial charge in [0.05, 0.1) is 12.5 Å². The standard InChI is InChI=1S/C16H24N2O3/c1-4-21-16(20)13-7-5-9-17(11-13)15(19)14-8-6-10-18(14)12(2)3/h6,8,10,12-13H,4-5,7,9,11H2,1-3H3/t13-/m1/s1. The number of carbonyl (C=O) groups is 2. The molecule has 1 amide bonds. The molecule has 0 radical (unpaired) electrons. The van der Waals surface area contributed by atoms with Crippen LogP contribution >= 0.6 is 0 Å². The van der Waals surface area contributed by atoms with E-state index >= 15 is 0 Å². The highest BCUT2D eigenvalue weighted by molar-refractivity contribution is 5.93. The van der Waals surface area contributed by atoms with Gasteiger partial charge in [-0.15, -0.1) is 0 Å². The minimum Gasteiger partial charge on any atom is -0.466 e. The summed E-state index contributed by atoms with van der Waals surface area (Å²) in [5, 5.41) is 0. The number of piperidine rings is 1. The van der Waals surface area contributed by atoms with Gasteiger partial charge in [0.2, 0.25) is 0 Å². The molecule has 1 fully saturated rings. The zero-order valence-electron chi connectivity index (χ0n) is 13.0. The molecule has 116 valence electrons. The maximum atomic E-state index is 12.7. The average Bonchev–Trinajstić information content (AvgIpc) is 2.96. The van der Waals surface area contributed by atoms with Crippen LogP contribution in [-0.2, 0) is 9.53 Å². The molecule has 0 saturated carbocycles. The molecule has 1 aliphatic rings. The molecule has 5 heteroatoms. The highest BCUT2D eigenvalue weighted by atomic mass is 16.5. The smallest absolute Gasteiger partial charge is 0.310 e. The molecule has 5 nitrogen and oxygen atoms in total. The minimum absolute atomic E-state index is 0.00250. The molecule has 0 aromatic carbocycles. The lowest BCUT2D eigenvalue weighted by Crippen LogP contribution is -2.43. The predicted octanol–water partition coefficient (Wildman–Crippen LogP) is 2.48. The fraction of sp³-hybridized carbons (Fsp3) is 0.625. The molecular weight excluding hydrogens is 268 g/mol. The first-order valence-corrected chi connectivity index (χ1v) is 7.67. The first-order chi connectivity index (χ1) is 10.0. The molecule has 1 atom stereocenters. The largest absolute Gasteiger partial charge is 0.466 e. The molecule has 0 spiro atoms. The number of likely N-dealkylation sites (tertiary alicyclic amines) is 1. The number of rotatable bonds is 4. The van der Waals surface area contributed by atoms with Crippen molar-refractivity contribution in [2.45, 2.75) is 39.7 Å². The third-order valence-electron chi connectivity index (χ3n) is 3.88. The molecule has 2 heterocycles. The monoisotopic (exact) mass is 292 g/mol. The number of hydrogen-bond donors (Lipinski definition) is 0. The van der Waals surface area contributed by atoms with Crippen LogP contribution in [0.25, 0.3) is 0 Å². The van der Waals surface area contributed by atoms with Gasteiger partial charge in [-0.05, 0) is 45.7 Å². The maximum Gasteiger partial charge on any atom is 0.310 e. The van der Waals surface area contributed by atoms with Crippen LogP contribution < -0.4 is 0 Å². The van der Waals surface area contributed by atoms with Gasteiger partial charge in [0.25, 0.3) is 5.91 Å². The zero-order valence-corrected chi connectivity index (χ0v) is 13.0. The van der Waals surface area contributed by atoms with Gasteiger partial charge < -0.3 is 14.2 Å². The van der Waals surface area contributed by atoms with Crippen molar-refractivity contribution in [1.29, 1.82) is 0 Å². The van der Waals surface area contributed by atoms with Crippen molar-refractivity contribution in [2.24, 2.45) is 5.92 Å². The van der Waals surface area contributed by atoms with Gasteiger partial charge in [0.1, 0.15) is 5.69 Å². The molecular formula is C16H24N2O3. The van der Waals surface area contributed by atoms with E-state index in [0.717, 1.165) is 12.8 Å². The highest BCUT2D eigenvalue weighted by Crippen LogP contribution is 2.21. The van der Waals surface area contributed by atoms with Crippen LogP contribution in [0.5, 0.6) is 0 Å². The number of carbonyl (C=O) groups excluding carboxylic acids is 2. The minimum atomic E-state index is -0.190. The third-order valence-corrected chi connectivity index (χ3v) is 3.88. The summed E-state index contributed by atoms with van der Waals surface area (Å²) in [6, 6.07) is 3.97. The summed E-state index contributed by atoms with van der Waals surface area (Å²) in [5.74, 6) is -0.373. The second kappa shape index (κ2) is 6.78. The predicted molar refractivity (Wildman–Crippen MR) is 80.1 cm³/mol. The number of aromatic nitrogens is 1. The summed E-state index contributed by atoms with van der Waals surface area (Å²) < 4.78 is 7.05. The third kappa shape index (κ3) is 3.46. The van der Waals surface area contributed by atoms with E-state index in [1.54, 1.807) is 11.8 Å². The zero-order chi connectivity index (χ0) is 15.4. The fourth-order valence-electron chi connectivity index (χ4n) is 2.80. The van der Waals surface area contributed by atoms with E-state index in [-0.39, 0.29) is 23.8 Å². The summed E-state index contributed by atoms with van der Waals surface area (Å²) in [6.07, 6.45) is 3.57. The van der Waals surface area contributed by atoms with Gasteiger partial charge >= 0.3 is 5.97 Å². The Labute approximate surface area is 125 Å². The van der Waals surface area contributed by atoms with Crippen molar-refractivity contribution in [3.63, 3.8) is 0 Å². The Hall–Kier alpha value is -1.78. The Kier molecular flexibility index (Phi) is 5.04. The first-order valence-electron chi connectivity index (χ1n) is 7.67. The van der Waals surface area contributed by atoms with Gasteiger partial charge in [-0.25, -0.2) is 0 Å². The van der Waals surface area contributed by atoms with E-state index in [2.05, 4.69) is 13.8 Å². The van der Waals surface area contributed by atoms with Gasteiger partial charge in [-0.3, -0.25) is 9.59 Å². The molecule has 2 rings (SSSR count). The lowest BCUT2D eigenvalue weighted by Gasteiger charge is -2.32. The highest BCUT2D eigenvalue weighted by Gasteiger charge is 2.30. The lowest BCUT2D eigenvalue weighted by atomic mass is 9.98. The van der Waals surface area contributed by atoms with Crippen molar-refractivity contribution in [3.05, 3.63) is 24.0 Å². The average molecular weight is 292 g/mol. The van der Waals surface area contributed by atoms with E-state index in [9.17, 15) is 9.59 Å². The second-order valence-corrected chi connectivity index (χ2v) is 5.74. The van der Waals surface area contributed by atoms with E-state index < -0.39 is 0 Å². The SMILES string of the molecule is CCOC(=O)[C@@H]1CCCN(C(=O)c2cccn2C(C)C)C1. The molecule has 0 bridgehead atoms. The molecule has 1 aromatic heterocycles. The molecule has 1 aromatic rings. The molecule has 0 aliphatic carbocycles. The van der Waals surface area contributed by atoms with Crippen molar-refractivity contribution < 1.29 is 14.3 Å². The lowest BCUT2D eigenvalue weighted by molar-refractivity contribution is -0.149. The van der Waals surface area contributed by atoms with Crippen LogP contribution in [0.3, 0.4) is 0 Å². The van der Waals surface area contributed by atoms with Crippen LogP contribution in [0.1, 0.15) is 50.1 Å². The van der Waals surface area contributed by atoms with Crippen LogP contribution in [0.15, 0.2) is 18.3 Å². The van der Waals surface area contributed by atoms with Crippen molar-refractivity contribution in [1.82, 2.24) is 9.47 Å². The molecule has 0 unspecified atom stereocenters. The number of amides is 1. The fourth-order valence-corrected chi connectivity index (χ4v) is 2.80. The molecule has 1 saturated heterocycles. The van der Waals surface area contributed by atoms with E-state index in [1.807, 2.05) is 22.9 Å². The summed E-state index contributed by atoms with van der Waals surface area (Å²) in [7, 11) is 0. The summed E-state index contributed by atoms with van der Waals surface area (Å²) in [5.41, 5.74) is 0.689. The van der Waals surface area contributed by atoms with E-state index in [0.29, 0.717) is 25.4 Å². The van der Waals surface area contributed by atoms with Crippen LogP contribution in [-0.4, -0.2) is 41.0 Å². The summed E-state index contributed by atoms with van der Waals surface area (Å²) in [6.45, 7) is 7.46. The van der Waals surface area contributed by atoms with Crippen molar-refractivity contribution in [3.8, 4) is 0 Å². The number of ether oxygens (including phenoxy) is 1. The van der Waals surface area contributed by atoms with Crippen LogP contribution in [0.4, 0.5) is 0 Å². The quantitative estimate of drug-likeness (QED) is 0.801. The Morgan fingerprint density at radius 3 is 2.86 bits per heavy atom. The van der Waals surface area contributed by atoms with E-state index in [1.165, 1.54) is 0 Å². The van der Waals surface area contributed by atoms with E-state index in [4.69, 9.17) is 4.74 Å². The summed E-state index contributed by atoms with van der Waals surface area (Å²) in [4.78, 5) is 26.3. The molecule has 21 heavy (non-hydrogen) atoms. The van der Waals surface area contributed by atoms with Crippen LogP contribution in [0.2, 0.25) is 0 Å². The normalized spacial score (nSPS) is 18.9. The Morgan fingerprint density at radius 2 is 2.19 bits per heavy atom. The summed E-state index contributed by atoms with van der Waals surface area (Å²) >= 11 is 0. The molecule has 0 N–H and O–H groups in total. The van der Waals surface area contributed by atoms with Crippen molar-refractivity contribution >= 4 is 11.9 Å². The number of hydrogen-bond acceptors (Lipinski definition) is 3. The molecule has 1 aliphatic heterocycles. The van der Waals surface area contributed by atoms with Crippen LogP contribution in [0, 0.1) is 5.92 Å². The number of esters is 1. The number of nitrogens with zero attached hydrogens (tertiary/aromatic N) is 2. The van der Waals surface area contributed by atoms with Gasteiger partial charge in [-0.2, -0.15) is 0 Å². The Morgan fingerprint density at radius 1 is 1.43 bits per heavy atom. The first kappa shape index (κ1) is 15.6. The second-order valence-electron chi connectivity index (χ2n) is 5.74. The van der Waals surface area contributed by atoms with Gasteiger partial charge in [0.15, 0.2) is 0 Å². The Balaban J connectivity index is 2.08. The maximum absolute atomic E-state index is 12.7.